The van der Waals surface area contributed by atoms with Crippen LogP contribution in [0, 0.1) is 30.6 Å². The lowest BCUT2D eigenvalue weighted by Crippen LogP contribution is -2.18. The van der Waals surface area contributed by atoms with E-state index in [0.717, 1.165) is 10.4 Å². The van der Waals surface area contributed by atoms with Crippen LogP contribution in [0.15, 0.2) is 0 Å². The molecule has 0 atom stereocenters. The normalized spacial score (nSPS) is 19.2. The molecule has 1 aliphatic rings. The van der Waals surface area contributed by atoms with E-state index in [1.54, 1.807) is 0 Å². The van der Waals surface area contributed by atoms with Crippen molar-refractivity contribution in [2.45, 2.75) is 41.5 Å². The van der Waals surface area contributed by atoms with Gasteiger partial charge in [-0.15, -0.1) is 11.3 Å². The van der Waals surface area contributed by atoms with Gasteiger partial charge >= 0.3 is 5.97 Å². The Bertz CT molecular complexity index is 599. The van der Waals surface area contributed by atoms with Crippen molar-refractivity contribution in [2.75, 3.05) is 12.4 Å². The quantitative estimate of drug-likeness (QED) is 0.865. The third-order valence-corrected chi connectivity index (χ3v) is 6.42. The Morgan fingerprint density at radius 3 is 2.10 bits per heavy atom. The molecule has 0 aliphatic heterocycles. The zero-order valence-corrected chi connectivity index (χ0v) is 14.5. The minimum Gasteiger partial charge on any atom is -0.465 e. The van der Waals surface area contributed by atoms with Crippen LogP contribution in [0.25, 0.3) is 0 Å². The van der Waals surface area contributed by atoms with Crippen LogP contribution in [0.5, 0.6) is 0 Å². The van der Waals surface area contributed by atoms with Crippen molar-refractivity contribution in [3.63, 3.8) is 0 Å². The predicted octanol–water partition coefficient (Wildman–Crippen LogP) is 3.77. The molecule has 1 aromatic rings. The van der Waals surface area contributed by atoms with E-state index in [1.807, 2.05) is 13.8 Å². The SMILES string of the molecule is COC(=O)c1c(NC(=O)C2C(C)(C)C2(C)C)sc(C)c1C. The first-order valence-electron chi connectivity index (χ1n) is 7.04. The summed E-state index contributed by atoms with van der Waals surface area (Å²) in [6.45, 7) is 12.2. The van der Waals surface area contributed by atoms with E-state index in [0.29, 0.717) is 10.6 Å². The van der Waals surface area contributed by atoms with Crippen LogP contribution < -0.4 is 5.32 Å². The van der Waals surface area contributed by atoms with Gasteiger partial charge in [0, 0.05) is 10.8 Å². The van der Waals surface area contributed by atoms with Gasteiger partial charge in [0.1, 0.15) is 5.00 Å². The van der Waals surface area contributed by atoms with Crippen molar-refractivity contribution in [1.29, 1.82) is 0 Å². The average molecular weight is 309 g/mol. The molecule has 1 aromatic heterocycles. The highest BCUT2D eigenvalue weighted by atomic mass is 32.1. The number of methoxy groups -OCH3 is 1. The summed E-state index contributed by atoms with van der Waals surface area (Å²) >= 11 is 1.43. The largest absolute Gasteiger partial charge is 0.465 e. The molecular weight excluding hydrogens is 286 g/mol. The van der Waals surface area contributed by atoms with Crippen LogP contribution in [0.1, 0.15) is 48.5 Å². The fourth-order valence-electron chi connectivity index (χ4n) is 3.10. The molecule has 0 radical (unpaired) electrons. The molecule has 1 heterocycles. The van der Waals surface area contributed by atoms with Gasteiger partial charge in [-0.05, 0) is 30.2 Å². The minimum atomic E-state index is -0.401. The first-order valence-corrected chi connectivity index (χ1v) is 7.86. The van der Waals surface area contributed by atoms with Gasteiger partial charge < -0.3 is 10.1 Å². The maximum absolute atomic E-state index is 12.5. The Hall–Kier alpha value is -1.36. The van der Waals surface area contributed by atoms with Gasteiger partial charge in [-0.25, -0.2) is 4.79 Å². The van der Waals surface area contributed by atoms with Crippen molar-refractivity contribution >= 4 is 28.2 Å². The van der Waals surface area contributed by atoms with Crippen LogP contribution in [-0.4, -0.2) is 19.0 Å². The number of hydrogen-bond acceptors (Lipinski definition) is 4. The van der Waals surface area contributed by atoms with Crippen LogP contribution >= 0.6 is 11.3 Å². The van der Waals surface area contributed by atoms with Crippen LogP contribution in [0.2, 0.25) is 0 Å². The molecule has 0 aromatic carbocycles. The molecule has 0 bridgehead atoms. The summed E-state index contributed by atoms with van der Waals surface area (Å²) in [6, 6.07) is 0. The summed E-state index contributed by atoms with van der Waals surface area (Å²) in [7, 11) is 1.35. The van der Waals surface area contributed by atoms with Gasteiger partial charge in [-0.1, -0.05) is 27.7 Å². The summed E-state index contributed by atoms with van der Waals surface area (Å²) < 4.78 is 4.83. The van der Waals surface area contributed by atoms with Crippen molar-refractivity contribution < 1.29 is 14.3 Å². The first kappa shape index (κ1) is 16.0. The number of carbonyl (C=O) groups is 2. The number of thiophene rings is 1. The molecule has 1 fully saturated rings. The number of rotatable bonds is 3. The fourth-order valence-corrected chi connectivity index (χ4v) is 4.15. The van der Waals surface area contributed by atoms with Gasteiger partial charge in [0.05, 0.1) is 12.7 Å². The monoisotopic (exact) mass is 309 g/mol. The van der Waals surface area contributed by atoms with E-state index in [1.165, 1.54) is 18.4 Å². The number of aryl methyl sites for hydroxylation is 1. The highest BCUT2D eigenvalue weighted by Gasteiger charge is 2.68. The van der Waals surface area contributed by atoms with Gasteiger partial charge in [0.15, 0.2) is 0 Å². The second-order valence-corrected chi connectivity index (χ2v) is 8.07. The van der Waals surface area contributed by atoms with Crippen LogP contribution in [0.4, 0.5) is 5.00 Å². The van der Waals surface area contributed by atoms with Crippen molar-refractivity contribution in [3.8, 4) is 0 Å². The zero-order valence-electron chi connectivity index (χ0n) is 13.7. The number of hydrogen-bond donors (Lipinski definition) is 1. The van der Waals surface area contributed by atoms with Crippen molar-refractivity contribution in [2.24, 2.45) is 16.7 Å². The first-order chi connectivity index (χ1) is 9.55. The molecule has 2 rings (SSSR count). The average Bonchev–Trinajstić information content (AvgIpc) is 2.61. The lowest BCUT2D eigenvalue weighted by molar-refractivity contribution is -0.118. The summed E-state index contributed by atoms with van der Waals surface area (Å²) in [5.74, 6) is -0.462. The van der Waals surface area contributed by atoms with E-state index in [-0.39, 0.29) is 22.7 Å². The van der Waals surface area contributed by atoms with E-state index in [2.05, 4.69) is 33.0 Å². The second-order valence-electron chi connectivity index (χ2n) is 6.84. The van der Waals surface area contributed by atoms with E-state index in [9.17, 15) is 9.59 Å². The fraction of sp³-hybridized carbons (Fsp3) is 0.625. The number of nitrogens with one attached hydrogen (secondary N) is 1. The minimum absolute atomic E-state index is 0.0172. The molecule has 1 aliphatic carbocycles. The topological polar surface area (TPSA) is 55.4 Å². The van der Waals surface area contributed by atoms with E-state index >= 15 is 0 Å². The number of carbonyl (C=O) groups excluding carboxylic acids is 2. The van der Waals surface area contributed by atoms with Gasteiger partial charge in [0.25, 0.3) is 0 Å². The van der Waals surface area contributed by atoms with Crippen LogP contribution in [0.3, 0.4) is 0 Å². The molecule has 1 saturated carbocycles. The molecule has 4 nitrogen and oxygen atoms in total. The van der Waals surface area contributed by atoms with Gasteiger partial charge in [-0.2, -0.15) is 0 Å². The van der Waals surface area contributed by atoms with Crippen LogP contribution in [-0.2, 0) is 9.53 Å². The van der Waals surface area contributed by atoms with Gasteiger partial charge in [0.2, 0.25) is 5.91 Å². The molecule has 116 valence electrons. The van der Waals surface area contributed by atoms with E-state index < -0.39 is 5.97 Å². The molecule has 0 spiro atoms. The Morgan fingerprint density at radius 1 is 1.14 bits per heavy atom. The standard InChI is InChI=1S/C16H23NO3S/c1-8-9(2)21-13(10(8)14(19)20-7)17-12(18)11-15(3,4)16(11,5)6/h11H,1-7H3,(H,17,18). The Kier molecular flexibility index (Phi) is 3.69. The number of esters is 1. The highest BCUT2D eigenvalue weighted by Crippen LogP contribution is 2.68. The summed E-state index contributed by atoms with van der Waals surface area (Å²) in [4.78, 5) is 25.5. The highest BCUT2D eigenvalue weighted by molar-refractivity contribution is 7.16. The molecular formula is C16H23NO3S. The lowest BCUT2D eigenvalue weighted by Gasteiger charge is -2.07. The third kappa shape index (κ3) is 2.27. The molecule has 1 amide bonds. The molecule has 5 heteroatoms. The Labute approximate surface area is 129 Å². The predicted molar refractivity (Wildman–Crippen MR) is 84.8 cm³/mol. The third-order valence-electron chi connectivity index (χ3n) is 5.29. The number of anilines is 1. The lowest BCUT2D eigenvalue weighted by atomic mass is 10.0. The Balaban J connectivity index is 2.28. The Morgan fingerprint density at radius 2 is 1.67 bits per heavy atom. The zero-order chi connectivity index (χ0) is 16.2. The summed E-state index contributed by atoms with van der Waals surface area (Å²) in [5, 5.41) is 3.54. The molecule has 0 saturated heterocycles. The van der Waals surface area contributed by atoms with Crippen molar-refractivity contribution in [3.05, 3.63) is 16.0 Å². The van der Waals surface area contributed by atoms with Gasteiger partial charge in [-0.3, -0.25) is 4.79 Å². The molecule has 21 heavy (non-hydrogen) atoms. The second kappa shape index (κ2) is 4.83. The molecule has 0 unspecified atom stereocenters. The smallest absolute Gasteiger partial charge is 0.341 e. The molecule has 1 N–H and O–H groups in total. The number of ether oxygens (including phenoxy) is 1. The van der Waals surface area contributed by atoms with Crippen molar-refractivity contribution in [1.82, 2.24) is 0 Å². The number of amides is 1. The maximum Gasteiger partial charge on any atom is 0.341 e. The summed E-state index contributed by atoms with van der Waals surface area (Å²) in [6.07, 6.45) is 0. The van der Waals surface area contributed by atoms with E-state index in [4.69, 9.17) is 4.74 Å². The summed E-state index contributed by atoms with van der Waals surface area (Å²) in [5.41, 5.74) is 1.30. The maximum atomic E-state index is 12.5.